The Morgan fingerprint density at radius 1 is 1.54 bits per heavy atom. The van der Waals surface area contributed by atoms with Crippen molar-refractivity contribution in [2.45, 2.75) is 32.8 Å². The highest BCUT2D eigenvalue weighted by Crippen LogP contribution is 2.07. The lowest BCUT2D eigenvalue weighted by Crippen LogP contribution is -2.23. The van der Waals surface area contributed by atoms with Crippen molar-refractivity contribution in [3.8, 4) is 12.3 Å². The van der Waals surface area contributed by atoms with Gasteiger partial charge in [0.05, 0.1) is 19.6 Å². The quantitative estimate of drug-likeness (QED) is 0.478. The third-order valence-electron chi connectivity index (χ3n) is 1.42. The molecule has 3 heteroatoms. The first-order chi connectivity index (χ1) is 6.02. The highest BCUT2D eigenvalue weighted by Gasteiger charge is 2.14. The van der Waals surface area contributed by atoms with Crippen molar-refractivity contribution in [1.82, 2.24) is 0 Å². The summed E-state index contributed by atoms with van der Waals surface area (Å²) in [6, 6.07) is 0. The molecule has 0 N–H and O–H groups in total. The molecule has 0 bridgehead atoms. The second kappa shape index (κ2) is 5.60. The van der Waals surface area contributed by atoms with Gasteiger partial charge in [-0.15, -0.1) is 6.42 Å². The minimum atomic E-state index is -0.605. The summed E-state index contributed by atoms with van der Waals surface area (Å²) in [5, 5.41) is 0. The fraction of sp³-hybridized carbons (Fsp3) is 0.700. The molecule has 0 unspecified atom stereocenters. The van der Waals surface area contributed by atoms with Crippen LogP contribution in [-0.4, -0.2) is 24.8 Å². The van der Waals surface area contributed by atoms with E-state index in [2.05, 4.69) is 5.92 Å². The summed E-state index contributed by atoms with van der Waals surface area (Å²) in [7, 11) is 0. The zero-order valence-corrected chi connectivity index (χ0v) is 8.42. The molecule has 0 rings (SSSR count). The normalized spacial score (nSPS) is 10.6. The van der Waals surface area contributed by atoms with Gasteiger partial charge in [0.2, 0.25) is 0 Å². The number of carbonyl (C=O) groups is 1. The molecule has 0 atom stereocenters. The molecule has 74 valence electrons. The maximum atomic E-state index is 10.9. The summed E-state index contributed by atoms with van der Waals surface area (Å²) in [5.74, 6) is 2.22. The minimum absolute atomic E-state index is 0.249. The van der Waals surface area contributed by atoms with E-state index in [4.69, 9.17) is 15.9 Å². The van der Waals surface area contributed by atoms with E-state index in [1.54, 1.807) is 20.8 Å². The van der Waals surface area contributed by atoms with Gasteiger partial charge in [-0.05, 0) is 20.8 Å². The zero-order chi connectivity index (χ0) is 10.3. The van der Waals surface area contributed by atoms with E-state index in [1.807, 2.05) is 0 Å². The molecule has 0 aliphatic heterocycles. The molecule has 0 aliphatic carbocycles. The van der Waals surface area contributed by atoms with E-state index >= 15 is 0 Å². The van der Waals surface area contributed by atoms with Gasteiger partial charge in [0, 0.05) is 0 Å². The lowest BCUT2D eigenvalue weighted by atomic mass is 10.1. The number of carbonyl (C=O) groups excluding carboxylic acids is 1. The lowest BCUT2D eigenvalue weighted by Gasteiger charge is -2.17. The lowest BCUT2D eigenvalue weighted by molar-refractivity contribution is -0.145. The van der Waals surface area contributed by atoms with Crippen molar-refractivity contribution in [2.75, 3.05) is 13.2 Å². The van der Waals surface area contributed by atoms with Crippen molar-refractivity contribution < 1.29 is 14.3 Å². The Balaban J connectivity index is 3.57. The molecule has 0 saturated carbocycles. The van der Waals surface area contributed by atoms with E-state index in [0.29, 0.717) is 13.2 Å². The van der Waals surface area contributed by atoms with Crippen LogP contribution in [-0.2, 0) is 14.3 Å². The number of esters is 1. The molecule has 0 spiro atoms. The predicted octanol–water partition coefficient (Wildman–Crippen LogP) is 1.37. The molecular weight excluding hydrogens is 168 g/mol. The monoisotopic (exact) mass is 184 g/mol. The molecule has 0 fully saturated rings. The Kier molecular flexibility index (Phi) is 5.17. The Morgan fingerprint density at radius 2 is 2.15 bits per heavy atom. The van der Waals surface area contributed by atoms with Gasteiger partial charge < -0.3 is 9.47 Å². The van der Waals surface area contributed by atoms with Crippen molar-refractivity contribution in [3.63, 3.8) is 0 Å². The molecule has 13 heavy (non-hydrogen) atoms. The van der Waals surface area contributed by atoms with E-state index in [9.17, 15) is 4.79 Å². The largest absolute Gasteiger partial charge is 0.466 e. The third-order valence-corrected chi connectivity index (χ3v) is 1.42. The fourth-order valence-electron chi connectivity index (χ4n) is 0.664. The molecule has 0 aliphatic rings. The van der Waals surface area contributed by atoms with Crippen LogP contribution in [0.25, 0.3) is 0 Å². The molecule has 0 aromatic carbocycles. The minimum Gasteiger partial charge on any atom is -0.466 e. The Hall–Kier alpha value is -1.01. The summed E-state index contributed by atoms with van der Waals surface area (Å²) in [5.41, 5.74) is -0.605. The van der Waals surface area contributed by atoms with Crippen molar-refractivity contribution >= 4 is 5.97 Å². The Labute approximate surface area is 79.4 Å². The Morgan fingerprint density at radius 3 is 2.62 bits per heavy atom. The van der Waals surface area contributed by atoms with Crippen LogP contribution in [0.3, 0.4) is 0 Å². The molecule has 0 saturated heterocycles. The van der Waals surface area contributed by atoms with Crippen LogP contribution in [0.2, 0.25) is 0 Å². The van der Waals surface area contributed by atoms with Crippen LogP contribution in [0.4, 0.5) is 0 Å². The predicted molar refractivity (Wildman–Crippen MR) is 50.1 cm³/mol. The summed E-state index contributed by atoms with van der Waals surface area (Å²) in [6.07, 6.45) is 5.44. The number of hydrogen-bond donors (Lipinski definition) is 0. The van der Waals surface area contributed by atoms with E-state index in [-0.39, 0.29) is 12.4 Å². The molecule has 0 radical (unpaired) electrons. The zero-order valence-electron chi connectivity index (χ0n) is 8.42. The first-order valence-electron chi connectivity index (χ1n) is 4.29. The van der Waals surface area contributed by atoms with Crippen molar-refractivity contribution in [2.24, 2.45) is 0 Å². The first-order valence-corrected chi connectivity index (χ1v) is 4.29. The SMILES string of the molecule is C#CC(C)(C)OCCC(=O)OCC. The van der Waals surface area contributed by atoms with Crippen LogP contribution < -0.4 is 0 Å². The summed E-state index contributed by atoms with van der Waals surface area (Å²) >= 11 is 0. The van der Waals surface area contributed by atoms with Crippen LogP contribution in [0.15, 0.2) is 0 Å². The number of rotatable bonds is 5. The third kappa shape index (κ3) is 6.18. The molecule has 0 aromatic rings. The molecule has 0 amide bonds. The van der Waals surface area contributed by atoms with Gasteiger partial charge >= 0.3 is 5.97 Å². The molecule has 0 heterocycles. The van der Waals surface area contributed by atoms with E-state index in [1.165, 1.54) is 0 Å². The van der Waals surface area contributed by atoms with Crippen LogP contribution in [0.5, 0.6) is 0 Å². The number of ether oxygens (including phenoxy) is 2. The van der Waals surface area contributed by atoms with Crippen molar-refractivity contribution in [1.29, 1.82) is 0 Å². The molecule has 3 nitrogen and oxygen atoms in total. The highest BCUT2D eigenvalue weighted by atomic mass is 16.5. The fourth-order valence-corrected chi connectivity index (χ4v) is 0.664. The van der Waals surface area contributed by atoms with Crippen LogP contribution >= 0.6 is 0 Å². The average Bonchev–Trinajstić information content (AvgIpc) is 2.05. The van der Waals surface area contributed by atoms with Crippen LogP contribution in [0, 0.1) is 12.3 Å². The second-order valence-electron chi connectivity index (χ2n) is 3.06. The number of hydrogen-bond acceptors (Lipinski definition) is 3. The standard InChI is InChI=1S/C10H16O3/c1-5-10(3,4)13-8-7-9(11)12-6-2/h1H,6-8H2,2-4H3. The topological polar surface area (TPSA) is 35.5 Å². The van der Waals surface area contributed by atoms with Crippen LogP contribution in [0.1, 0.15) is 27.2 Å². The van der Waals surface area contributed by atoms with Gasteiger partial charge in [0.25, 0.3) is 0 Å². The maximum Gasteiger partial charge on any atom is 0.308 e. The average molecular weight is 184 g/mol. The van der Waals surface area contributed by atoms with E-state index < -0.39 is 5.60 Å². The van der Waals surface area contributed by atoms with Gasteiger partial charge in [-0.1, -0.05) is 5.92 Å². The number of terminal acetylenes is 1. The van der Waals surface area contributed by atoms with Gasteiger partial charge in [0.1, 0.15) is 5.60 Å². The van der Waals surface area contributed by atoms with Gasteiger partial charge in [-0.2, -0.15) is 0 Å². The highest BCUT2D eigenvalue weighted by molar-refractivity contribution is 5.69. The molecule has 0 aromatic heterocycles. The summed E-state index contributed by atoms with van der Waals surface area (Å²) in [4.78, 5) is 10.9. The summed E-state index contributed by atoms with van der Waals surface area (Å²) in [6.45, 7) is 6.02. The first kappa shape index (κ1) is 12.0. The maximum absolute atomic E-state index is 10.9. The van der Waals surface area contributed by atoms with Gasteiger partial charge in [0.15, 0.2) is 0 Å². The Bertz CT molecular complexity index is 201. The van der Waals surface area contributed by atoms with Gasteiger partial charge in [-0.3, -0.25) is 4.79 Å². The molecular formula is C10H16O3. The van der Waals surface area contributed by atoms with Crippen molar-refractivity contribution in [3.05, 3.63) is 0 Å². The second-order valence-corrected chi connectivity index (χ2v) is 3.06. The van der Waals surface area contributed by atoms with Gasteiger partial charge in [-0.25, -0.2) is 0 Å². The summed E-state index contributed by atoms with van der Waals surface area (Å²) < 4.78 is 9.98. The smallest absolute Gasteiger partial charge is 0.308 e. The van der Waals surface area contributed by atoms with E-state index in [0.717, 1.165) is 0 Å².